The number of nitrogens with two attached hydrogens (primary N) is 1. The molecule has 0 fully saturated rings. The topological polar surface area (TPSA) is 68.9 Å². The first-order valence-electron chi connectivity index (χ1n) is 5.92. The Hall–Kier alpha value is -2.65. The second-order valence-corrected chi connectivity index (χ2v) is 4.40. The van der Waals surface area contributed by atoms with Gasteiger partial charge >= 0.3 is 12.4 Å². The van der Waals surface area contributed by atoms with Crippen molar-refractivity contribution in [1.29, 1.82) is 0 Å². The van der Waals surface area contributed by atoms with Crippen molar-refractivity contribution < 1.29 is 31.1 Å². The van der Waals surface area contributed by atoms with Gasteiger partial charge in [0.2, 0.25) is 5.82 Å². The van der Waals surface area contributed by atoms with E-state index < -0.39 is 35.3 Å². The summed E-state index contributed by atoms with van der Waals surface area (Å²) in [6.45, 7) is 0. The molecule has 1 amide bonds. The van der Waals surface area contributed by atoms with E-state index in [4.69, 9.17) is 5.73 Å². The molecule has 2 aromatic rings. The summed E-state index contributed by atoms with van der Waals surface area (Å²) in [5.41, 5.74) is 2.83. The van der Waals surface area contributed by atoms with Crippen molar-refractivity contribution >= 4 is 5.91 Å². The van der Waals surface area contributed by atoms with E-state index in [0.717, 1.165) is 18.2 Å². The lowest BCUT2D eigenvalue weighted by molar-refractivity contribution is -0.145. The molecule has 0 saturated carbocycles. The number of carbonyl (C=O) groups excluding carboxylic acids is 1. The zero-order chi connectivity index (χ0) is 17.4. The van der Waals surface area contributed by atoms with E-state index in [2.05, 4.69) is 9.97 Å². The predicted molar refractivity (Wildman–Crippen MR) is 66.0 cm³/mol. The fourth-order valence-corrected chi connectivity index (χ4v) is 1.68. The van der Waals surface area contributed by atoms with Crippen molar-refractivity contribution in [3.8, 4) is 11.3 Å². The van der Waals surface area contributed by atoms with Gasteiger partial charge in [0.25, 0.3) is 5.91 Å². The predicted octanol–water partition coefficient (Wildman–Crippen LogP) is 3.28. The van der Waals surface area contributed by atoms with Crippen LogP contribution >= 0.6 is 0 Å². The van der Waals surface area contributed by atoms with Crippen LogP contribution in [0.25, 0.3) is 11.3 Å². The van der Waals surface area contributed by atoms with Gasteiger partial charge in [-0.25, -0.2) is 9.97 Å². The summed E-state index contributed by atoms with van der Waals surface area (Å²) in [5.74, 6) is -2.82. The smallest absolute Gasteiger partial charge is 0.364 e. The number of amides is 1. The first-order chi connectivity index (χ1) is 10.5. The monoisotopic (exact) mass is 335 g/mol. The van der Waals surface area contributed by atoms with Gasteiger partial charge in [0, 0.05) is 5.56 Å². The molecule has 1 heterocycles. The molecule has 0 unspecified atom stereocenters. The number of aromatic nitrogens is 2. The minimum absolute atomic E-state index is 0.0478. The number of halogens is 6. The molecule has 122 valence electrons. The molecule has 1 aromatic heterocycles. The lowest BCUT2D eigenvalue weighted by Gasteiger charge is -2.10. The summed E-state index contributed by atoms with van der Waals surface area (Å²) in [6, 6.07) is 4.13. The fraction of sp³-hybridized carbons (Fsp3) is 0.154. The molecule has 0 atom stereocenters. The molecule has 0 aliphatic carbocycles. The van der Waals surface area contributed by atoms with E-state index in [9.17, 15) is 31.1 Å². The van der Waals surface area contributed by atoms with E-state index in [1.165, 1.54) is 0 Å². The van der Waals surface area contributed by atoms with Crippen LogP contribution in [0, 0.1) is 0 Å². The van der Waals surface area contributed by atoms with Crippen molar-refractivity contribution in [2.45, 2.75) is 12.4 Å². The first kappa shape index (κ1) is 16.7. The molecule has 0 saturated heterocycles. The van der Waals surface area contributed by atoms with Gasteiger partial charge < -0.3 is 5.73 Å². The third-order valence-electron chi connectivity index (χ3n) is 2.74. The Morgan fingerprint density at radius 2 is 1.48 bits per heavy atom. The number of nitrogens with zero attached hydrogens (tertiary/aromatic N) is 2. The Kier molecular flexibility index (Phi) is 4.01. The van der Waals surface area contributed by atoms with E-state index in [-0.39, 0.29) is 11.3 Å². The van der Waals surface area contributed by atoms with Crippen LogP contribution in [0.3, 0.4) is 0 Å². The number of primary amides is 1. The highest BCUT2D eigenvalue weighted by Crippen LogP contribution is 2.32. The molecule has 0 radical (unpaired) electrons. The highest BCUT2D eigenvalue weighted by atomic mass is 19.4. The van der Waals surface area contributed by atoms with Crippen molar-refractivity contribution in [1.82, 2.24) is 9.97 Å². The zero-order valence-corrected chi connectivity index (χ0v) is 11.0. The number of hydrogen-bond acceptors (Lipinski definition) is 3. The highest BCUT2D eigenvalue weighted by molar-refractivity contribution is 5.91. The minimum atomic E-state index is -4.94. The Labute approximate surface area is 125 Å². The minimum Gasteiger partial charge on any atom is -0.364 e. The number of benzene rings is 1. The molecule has 23 heavy (non-hydrogen) atoms. The van der Waals surface area contributed by atoms with E-state index in [1.54, 1.807) is 0 Å². The van der Waals surface area contributed by atoms with Crippen LogP contribution in [0.2, 0.25) is 0 Å². The summed E-state index contributed by atoms with van der Waals surface area (Å²) in [6.07, 6.45) is -9.52. The van der Waals surface area contributed by atoms with Crippen LogP contribution < -0.4 is 5.73 Å². The molecule has 0 spiro atoms. The average Bonchev–Trinajstić information content (AvgIpc) is 2.45. The van der Waals surface area contributed by atoms with Gasteiger partial charge in [0.15, 0.2) is 0 Å². The summed E-state index contributed by atoms with van der Waals surface area (Å²) in [4.78, 5) is 17.3. The maximum atomic E-state index is 12.7. The molecule has 1 aromatic carbocycles. The van der Waals surface area contributed by atoms with Gasteiger partial charge in [-0.3, -0.25) is 4.79 Å². The lowest BCUT2D eigenvalue weighted by Crippen LogP contribution is -2.19. The van der Waals surface area contributed by atoms with Crippen LogP contribution in [0.5, 0.6) is 0 Å². The molecule has 2 N–H and O–H groups in total. The second kappa shape index (κ2) is 5.52. The molecular formula is C13H7F6N3O. The van der Waals surface area contributed by atoms with Crippen LogP contribution in [-0.4, -0.2) is 15.9 Å². The van der Waals surface area contributed by atoms with Gasteiger partial charge in [-0.2, -0.15) is 26.3 Å². The summed E-state index contributed by atoms with van der Waals surface area (Å²) in [5, 5.41) is 0. The number of carbonyl (C=O) groups is 1. The molecule has 4 nitrogen and oxygen atoms in total. The van der Waals surface area contributed by atoms with Crippen molar-refractivity contribution in [3.63, 3.8) is 0 Å². The first-order valence-corrected chi connectivity index (χ1v) is 5.92. The van der Waals surface area contributed by atoms with E-state index in [0.29, 0.717) is 12.1 Å². The second-order valence-electron chi connectivity index (χ2n) is 4.40. The number of rotatable bonds is 2. The molecule has 0 aliphatic rings. The molecule has 0 bridgehead atoms. The molecule has 10 heteroatoms. The number of hydrogen-bond donors (Lipinski definition) is 1. The normalized spacial score (nSPS) is 12.3. The van der Waals surface area contributed by atoms with Crippen LogP contribution in [0.4, 0.5) is 26.3 Å². The van der Waals surface area contributed by atoms with Crippen LogP contribution in [0.1, 0.15) is 21.9 Å². The lowest BCUT2D eigenvalue weighted by atomic mass is 10.1. The van der Waals surface area contributed by atoms with Gasteiger partial charge in [0.1, 0.15) is 5.69 Å². The van der Waals surface area contributed by atoms with Crippen molar-refractivity contribution in [2.75, 3.05) is 0 Å². The largest absolute Gasteiger partial charge is 0.451 e. The quantitative estimate of drug-likeness (QED) is 0.857. The maximum Gasteiger partial charge on any atom is 0.451 e. The van der Waals surface area contributed by atoms with Crippen LogP contribution in [-0.2, 0) is 12.4 Å². The Morgan fingerprint density at radius 3 is 1.91 bits per heavy atom. The molecular weight excluding hydrogens is 328 g/mol. The average molecular weight is 335 g/mol. The number of alkyl halides is 6. The zero-order valence-electron chi connectivity index (χ0n) is 11.0. The van der Waals surface area contributed by atoms with Gasteiger partial charge in [-0.1, -0.05) is 12.1 Å². The highest BCUT2D eigenvalue weighted by Gasteiger charge is 2.36. The summed E-state index contributed by atoms with van der Waals surface area (Å²) >= 11 is 0. The molecule has 0 aliphatic heterocycles. The maximum absolute atomic E-state index is 12.7. The van der Waals surface area contributed by atoms with Crippen LogP contribution in [0.15, 0.2) is 30.3 Å². The van der Waals surface area contributed by atoms with E-state index >= 15 is 0 Å². The van der Waals surface area contributed by atoms with Gasteiger partial charge in [-0.05, 0) is 18.2 Å². The third kappa shape index (κ3) is 3.76. The van der Waals surface area contributed by atoms with Crippen molar-refractivity contribution in [2.24, 2.45) is 5.73 Å². The third-order valence-corrected chi connectivity index (χ3v) is 2.74. The van der Waals surface area contributed by atoms with E-state index in [1.807, 2.05) is 0 Å². The standard InChI is InChI=1S/C13H7F6N3O/c14-12(15,16)7-3-1-6(2-4-7)8-5-9(10(20)23)22-11(21-8)13(17,18)19/h1-5H,(H2,20,23). The van der Waals surface area contributed by atoms with Gasteiger partial charge in [-0.15, -0.1) is 0 Å². The van der Waals surface area contributed by atoms with Gasteiger partial charge in [0.05, 0.1) is 11.3 Å². The molecule has 2 rings (SSSR count). The fourth-order valence-electron chi connectivity index (χ4n) is 1.68. The Bertz CT molecular complexity index is 737. The van der Waals surface area contributed by atoms with Crippen molar-refractivity contribution in [3.05, 3.63) is 47.4 Å². The summed E-state index contributed by atoms with van der Waals surface area (Å²) in [7, 11) is 0. The Balaban J connectivity index is 2.54. The Morgan fingerprint density at radius 1 is 0.913 bits per heavy atom. The summed E-state index contributed by atoms with van der Waals surface area (Å²) < 4.78 is 75.6. The SMILES string of the molecule is NC(=O)c1cc(-c2ccc(C(F)(F)F)cc2)nc(C(F)(F)F)n1.